The van der Waals surface area contributed by atoms with Gasteiger partial charge in [-0.2, -0.15) is 0 Å². The zero-order valence-corrected chi connectivity index (χ0v) is 11.9. The third-order valence-corrected chi connectivity index (χ3v) is 2.76. The lowest BCUT2D eigenvalue weighted by Crippen LogP contribution is -2.29. The van der Waals surface area contributed by atoms with E-state index in [4.69, 9.17) is 15.2 Å². The van der Waals surface area contributed by atoms with Crippen LogP contribution in [0.3, 0.4) is 0 Å². The van der Waals surface area contributed by atoms with Gasteiger partial charge < -0.3 is 15.2 Å². The highest BCUT2D eigenvalue weighted by molar-refractivity contribution is 5.75. The van der Waals surface area contributed by atoms with Crippen LogP contribution in [0.1, 0.15) is 45.2 Å². The first-order valence-corrected chi connectivity index (χ1v) is 6.77. The summed E-state index contributed by atoms with van der Waals surface area (Å²) in [6.45, 7) is 6.07. The number of nitrogens with two attached hydrogens (primary N) is 1. The second-order valence-electron chi connectivity index (χ2n) is 4.51. The molecule has 0 saturated heterocycles. The fraction of sp³-hybridized carbons (Fsp3) is 0.533. The van der Waals surface area contributed by atoms with E-state index in [9.17, 15) is 4.79 Å². The molecule has 106 valence electrons. The standard InChI is InChI=1S/C15H23NO3/c1-4-7-14(15(17)18-5-2)19-13-9-6-8-12(10-13)11(3)16/h6,8-11,14H,4-5,7,16H2,1-3H3/t11-,14?/m0/s1. The molecule has 1 aromatic carbocycles. The average molecular weight is 265 g/mol. The number of ether oxygens (including phenoxy) is 2. The Bertz CT molecular complexity index is 404. The van der Waals surface area contributed by atoms with Crippen molar-refractivity contribution in [3.8, 4) is 5.75 Å². The van der Waals surface area contributed by atoms with E-state index in [2.05, 4.69) is 0 Å². The van der Waals surface area contributed by atoms with Crippen LogP contribution in [-0.2, 0) is 9.53 Å². The van der Waals surface area contributed by atoms with E-state index in [1.54, 1.807) is 6.92 Å². The summed E-state index contributed by atoms with van der Waals surface area (Å²) < 4.78 is 10.7. The molecule has 19 heavy (non-hydrogen) atoms. The van der Waals surface area contributed by atoms with Crippen molar-refractivity contribution in [2.45, 2.75) is 45.8 Å². The quantitative estimate of drug-likeness (QED) is 0.770. The van der Waals surface area contributed by atoms with Gasteiger partial charge in [0, 0.05) is 6.04 Å². The van der Waals surface area contributed by atoms with Gasteiger partial charge in [-0.1, -0.05) is 25.5 Å². The minimum Gasteiger partial charge on any atom is -0.479 e. The fourth-order valence-corrected chi connectivity index (χ4v) is 1.76. The number of rotatable bonds is 7. The van der Waals surface area contributed by atoms with Gasteiger partial charge in [-0.25, -0.2) is 4.79 Å². The van der Waals surface area contributed by atoms with Crippen LogP contribution in [0.25, 0.3) is 0 Å². The normalized spacial score (nSPS) is 13.7. The average Bonchev–Trinajstić information content (AvgIpc) is 2.39. The maximum atomic E-state index is 11.8. The van der Waals surface area contributed by atoms with Crippen molar-refractivity contribution in [1.29, 1.82) is 0 Å². The first-order valence-electron chi connectivity index (χ1n) is 6.77. The van der Waals surface area contributed by atoms with Gasteiger partial charge in [0.2, 0.25) is 0 Å². The van der Waals surface area contributed by atoms with Gasteiger partial charge in [-0.3, -0.25) is 0 Å². The van der Waals surface area contributed by atoms with Gasteiger partial charge in [0.05, 0.1) is 6.61 Å². The number of carbonyl (C=O) groups excluding carboxylic acids is 1. The zero-order chi connectivity index (χ0) is 14.3. The molecule has 0 aromatic heterocycles. The van der Waals surface area contributed by atoms with Crippen molar-refractivity contribution in [3.63, 3.8) is 0 Å². The molecule has 0 aliphatic rings. The van der Waals surface area contributed by atoms with Gasteiger partial charge >= 0.3 is 5.97 Å². The molecule has 0 radical (unpaired) electrons. The SMILES string of the molecule is CCCC(Oc1cccc([C@H](C)N)c1)C(=O)OCC. The number of benzene rings is 1. The number of carbonyl (C=O) groups is 1. The first-order chi connectivity index (χ1) is 9.08. The third-order valence-electron chi connectivity index (χ3n) is 2.76. The Hall–Kier alpha value is -1.55. The topological polar surface area (TPSA) is 61.5 Å². The second-order valence-corrected chi connectivity index (χ2v) is 4.51. The molecule has 1 rings (SSSR count). The predicted molar refractivity (Wildman–Crippen MR) is 75.0 cm³/mol. The predicted octanol–water partition coefficient (Wildman–Crippen LogP) is 2.82. The van der Waals surface area contributed by atoms with Crippen LogP contribution in [0.4, 0.5) is 0 Å². The molecule has 0 spiro atoms. The molecule has 2 atom stereocenters. The van der Waals surface area contributed by atoms with Crippen LogP contribution in [0.2, 0.25) is 0 Å². The number of hydrogen-bond acceptors (Lipinski definition) is 4. The molecule has 1 aromatic rings. The Morgan fingerprint density at radius 2 is 2.11 bits per heavy atom. The van der Waals surface area contributed by atoms with E-state index in [1.165, 1.54) is 0 Å². The summed E-state index contributed by atoms with van der Waals surface area (Å²) in [5.74, 6) is 0.344. The molecule has 0 aliphatic heterocycles. The molecule has 0 saturated carbocycles. The van der Waals surface area contributed by atoms with Crippen molar-refractivity contribution < 1.29 is 14.3 Å². The smallest absolute Gasteiger partial charge is 0.347 e. The first kappa shape index (κ1) is 15.5. The van der Waals surface area contributed by atoms with Crippen LogP contribution >= 0.6 is 0 Å². The Labute approximate surface area is 114 Å². The van der Waals surface area contributed by atoms with E-state index in [1.807, 2.05) is 38.1 Å². The molecule has 0 heterocycles. The van der Waals surface area contributed by atoms with E-state index in [0.717, 1.165) is 12.0 Å². The van der Waals surface area contributed by atoms with Gasteiger partial charge in [-0.15, -0.1) is 0 Å². The van der Waals surface area contributed by atoms with E-state index >= 15 is 0 Å². The number of esters is 1. The summed E-state index contributed by atoms with van der Waals surface area (Å²) in [5, 5.41) is 0. The van der Waals surface area contributed by atoms with Crippen LogP contribution < -0.4 is 10.5 Å². The van der Waals surface area contributed by atoms with Gasteiger partial charge in [0.15, 0.2) is 6.10 Å². The molecule has 2 N–H and O–H groups in total. The molecular weight excluding hydrogens is 242 g/mol. The van der Waals surface area contributed by atoms with Crippen LogP contribution in [-0.4, -0.2) is 18.7 Å². The van der Waals surface area contributed by atoms with E-state index in [-0.39, 0.29) is 12.0 Å². The Morgan fingerprint density at radius 1 is 1.37 bits per heavy atom. The molecule has 0 aliphatic carbocycles. The van der Waals surface area contributed by atoms with E-state index in [0.29, 0.717) is 18.8 Å². The van der Waals surface area contributed by atoms with Crippen molar-refractivity contribution >= 4 is 5.97 Å². The lowest BCUT2D eigenvalue weighted by molar-refractivity contribution is -0.151. The minimum atomic E-state index is -0.548. The summed E-state index contributed by atoms with van der Waals surface area (Å²) in [6, 6.07) is 7.45. The summed E-state index contributed by atoms with van der Waals surface area (Å²) in [6.07, 6.45) is 0.950. The molecule has 4 nitrogen and oxygen atoms in total. The van der Waals surface area contributed by atoms with Crippen molar-refractivity contribution in [2.75, 3.05) is 6.61 Å². The molecule has 0 amide bonds. The highest BCUT2D eigenvalue weighted by atomic mass is 16.6. The molecule has 0 bridgehead atoms. The molecule has 0 fully saturated rings. The minimum absolute atomic E-state index is 0.0595. The van der Waals surface area contributed by atoms with Crippen molar-refractivity contribution in [3.05, 3.63) is 29.8 Å². The zero-order valence-electron chi connectivity index (χ0n) is 11.9. The van der Waals surface area contributed by atoms with Crippen LogP contribution in [0, 0.1) is 0 Å². The number of hydrogen-bond donors (Lipinski definition) is 1. The lowest BCUT2D eigenvalue weighted by atomic mass is 10.1. The van der Waals surface area contributed by atoms with Gasteiger partial charge in [0.25, 0.3) is 0 Å². The second kappa shape index (κ2) is 7.79. The lowest BCUT2D eigenvalue weighted by Gasteiger charge is -2.18. The summed E-state index contributed by atoms with van der Waals surface area (Å²) in [4.78, 5) is 11.8. The molecular formula is C15H23NO3. The van der Waals surface area contributed by atoms with Crippen LogP contribution in [0.15, 0.2) is 24.3 Å². The fourth-order valence-electron chi connectivity index (χ4n) is 1.76. The van der Waals surface area contributed by atoms with Crippen molar-refractivity contribution in [1.82, 2.24) is 0 Å². The van der Waals surface area contributed by atoms with Crippen LogP contribution in [0.5, 0.6) is 5.75 Å². The summed E-state index contributed by atoms with van der Waals surface area (Å²) in [5.41, 5.74) is 6.82. The van der Waals surface area contributed by atoms with Gasteiger partial charge in [-0.05, 0) is 38.0 Å². The highest BCUT2D eigenvalue weighted by Crippen LogP contribution is 2.20. The Kier molecular flexibility index (Phi) is 6.36. The van der Waals surface area contributed by atoms with Gasteiger partial charge in [0.1, 0.15) is 5.75 Å². The third kappa shape index (κ3) is 4.91. The maximum absolute atomic E-state index is 11.8. The Balaban J connectivity index is 2.78. The maximum Gasteiger partial charge on any atom is 0.347 e. The highest BCUT2D eigenvalue weighted by Gasteiger charge is 2.20. The Morgan fingerprint density at radius 3 is 2.68 bits per heavy atom. The largest absolute Gasteiger partial charge is 0.479 e. The van der Waals surface area contributed by atoms with E-state index < -0.39 is 6.10 Å². The monoisotopic (exact) mass is 265 g/mol. The van der Waals surface area contributed by atoms with Crippen molar-refractivity contribution in [2.24, 2.45) is 5.73 Å². The summed E-state index contributed by atoms with van der Waals surface area (Å²) in [7, 11) is 0. The molecule has 1 unspecified atom stereocenters. The molecule has 4 heteroatoms. The summed E-state index contributed by atoms with van der Waals surface area (Å²) >= 11 is 0.